The fourth-order valence-corrected chi connectivity index (χ4v) is 17.9. The fourth-order valence-electron chi connectivity index (χ4n) is 15.8. The quantitative estimate of drug-likeness (QED) is 0.0255. The van der Waals surface area contributed by atoms with Crippen molar-refractivity contribution in [1.29, 1.82) is 0 Å². The zero-order valence-corrected chi connectivity index (χ0v) is 76.6. The van der Waals surface area contributed by atoms with Gasteiger partial charge < -0.3 is 0 Å². The minimum atomic E-state index is -4.90. The third-order valence-electron chi connectivity index (χ3n) is 21.8. The predicted molar refractivity (Wildman–Crippen MR) is 461 cm³/mol. The summed E-state index contributed by atoms with van der Waals surface area (Å²) in [5, 5.41) is 15.8. The van der Waals surface area contributed by atoms with Gasteiger partial charge in [-0.05, 0) is 163 Å². The van der Waals surface area contributed by atoms with Gasteiger partial charge in [0.25, 0.3) is 11.8 Å². The summed E-state index contributed by atoms with van der Waals surface area (Å²) < 4.78 is 307. The molecule has 6 heterocycles. The van der Waals surface area contributed by atoms with E-state index >= 15 is 17.6 Å². The number of halogens is 17. The maximum atomic E-state index is 15.5. The van der Waals surface area contributed by atoms with E-state index in [2.05, 4.69) is 53.8 Å². The number of nitrogens with one attached hydrogen (secondary N) is 1. The van der Waals surface area contributed by atoms with Crippen LogP contribution >= 0.6 is 47.2 Å². The summed E-state index contributed by atoms with van der Waals surface area (Å²) >= 11 is 13.1. The van der Waals surface area contributed by atoms with Crippen molar-refractivity contribution >= 4 is 126 Å². The number of rotatable bonds is 24. The minimum absolute atomic E-state index is 0. The molecule has 0 aliphatic heterocycles. The van der Waals surface area contributed by atoms with Gasteiger partial charge in [0.2, 0.25) is 10.0 Å². The zero-order chi connectivity index (χ0) is 89.5. The summed E-state index contributed by atoms with van der Waals surface area (Å²) in [6.07, 6.45) is -7.37. The fraction of sp³-hybridized carbons (Fsp3) is 0.429. The van der Waals surface area contributed by atoms with Crippen LogP contribution in [0.25, 0.3) is 44.1 Å². The molecule has 14 rings (SSSR count). The largest absolute Gasteiger partial charge is 1.00 e. The number of aromatic nitrogens is 10. The second-order valence-electron chi connectivity index (χ2n) is 32.2. The summed E-state index contributed by atoms with van der Waals surface area (Å²) in [6, 6.07) is 15.9. The number of carbonyl (C=O) groups excluding carboxylic acids is 2. The number of benzene rings is 4. The van der Waals surface area contributed by atoms with Crippen LogP contribution in [0.2, 0.25) is 10.0 Å². The average molecular weight is 2020 g/mol. The molecule has 0 saturated heterocycles. The van der Waals surface area contributed by atoms with Crippen molar-refractivity contribution < 1.29 is 134 Å². The normalized spacial score (nSPS) is 17.1. The molecule has 127 heavy (non-hydrogen) atoms. The van der Waals surface area contributed by atoms with Crippen LogP contribution in [0, 0.1) is 72.6 Å². The number of sulfone groups is 3. The van der Waals surface area contributed by atoms with Gasteiger partial charge in [0.15, 0.2) is 46.9 Å². The Morgan fingerprint density at radius 3 is 1.24 bits per heavy atom. The van der Waals surface area contributed by atoms with Crippen LogP contribution in [-0.2, 0) is 106 Å². The Hall–Kier alpha value is -8.07. The smallest absolute Gasteiger partial charge is 0.298 e. The van der Waals surface area contributed by atoms with Crippen LogP contribution in [0.5, 0.6) is 0 Å². The van der Waals surface area contributed by atoms with Crippen LogP contribution in [-0.4, -0.2) is 141 Å². The number of pyridine rings is 2. The van der Waals surface area contributed by atoms with Crippen molar-refractivity contribution in [3.8, 4) is 45.9 Å². The monoisotopic (exact) mass is 2020 g/mol. The van der Waals surface area contributed by atoms with Crippen molar-refractivity contribution in [3.05, 3.63) is 192 Å². The molecule has 0 unspecified atom stereocenters. The van der Waals surface area contributed by atoms with E-state index < -0.39 is 182 Å². The third kappa shape index (κ3) is 22.4. The first-order chi connectivity index (χ1) is 56.3. The zero-order valence-electron chi connectivity index (χ0n) is 67.5. The minimum Gasteiger partial charge on any atom is -0.298 e. The van der Waals surface area contributed by atoms with Gasteiger partial charge in [0, 0.05) is 106 Å². The summed E-state index contributed by atoms with van der Waals surface area (Å²) in [5.74, 6) is -7.30. The van der Waals surface area contributed by atoms with Crippen molar-refractivity contribution in [3.63, 3.8) is 0 Å². The first-order valence-electron chi connectivity index (χ1n) is 37.3. The number of ketones is 2. The molecule has 21 nitrogen and oxygen atoms in total. The first-order valence-corrected chi connectivity index (χ1v) is 45.7. The van der Waals surface area contributed by atoms with E-state index in [-0.39, 0.29) is 218 Å². The SMILES string of the molecule is C.C.C.Cc1nn(CC(=O)C[C@@H](Cc2cc(F)cc(F)c2)c2nc(C#CC(C)(C)S(C)(=O)=O)ccc2-c2ccc(Cl)c3c(CS(C)(=O)=O)nn(CC(F)(F)F)c23)c2c1[C@H]1C[C@H]1C2(F)F.Cc1nn(CC(=O)C[C@@H](Cc2cc(F)cc(F)c2)c2nc(C#CC(C)(C)S(C)(=O)=O)ccc2-c2ccc(Cl)c3c(NS(C)(=O)=O)nn(CC(F)(F)F)c23)c2c1[C@H]1C[C@H]1C2(F)F.I.[Na+]. The van der Waals surface area contributed by atoms with E-state index in [4.69, 9.17) is 28.2 Å². The van der Waals surface area contributed by atoms with Crippen molar-refractivity contribution in [2.75, 3.05) is 29.7 Å². The standard InChI is InChI=1S/C41H37ClF7N5O5S2.C40H36ClF7N6O5S2.3CH4.HI.Na/c1-21-34-30-17-31(30)41(48,49)38(34)53(51-21)18-27(55)15-23(12-22-13-24(43)16-25(44)14-22)36-28(7-6-26(50-36)10-11-39(2,3)61(5,58)59)29-8-9-32(42)35-33(19-60(4,56)57)52-54(37(29)35)20-40(45,46)47;1-20-32-29-17-30(29)40(47,48)36(32)53(50-20)18-26(55)15-22(12-21-13-23(42)16-24(43)14-21)34-27(7-6-25(49-34)10-11-38(2,3)60(4,56)57)28-8-9-31(41)33-35(28)54(19-39(44,45)46)51-37(33)52-61(5,58)59;;;;;/h6-9,13-14,16,23,30-31H,12,15,17-20H2,1-5H3;6-9,13-14,16,22,29-30H,12,15,17-19H2,1-5H3,(H,51,52);3*1H4;1H;/q;;;;;;+1/t23-,30+,31-;22-,29+,30-;;;;;/m11...../s1. The van der Waals surface area contributed by atoms with Crippen molar-refractivity contribution in [2.24, 2.45) is 11.8 Å². The molecule has 0 radical (unpaired) electrons. The Morgan fingerprint density at radius 1 is 0.528 bits per heavy atom. The van der Waals surface area contributed by atoms with Gasteiger partial charge in [-0.2, -0.15) is 64.3 Å². The molecule has 2 fully saturated rings. The van der Waals surface area contributed by atoms with Gasteiger partial charge in [-0.3, -0.25) is 33.0 Å². The molecule has 6 atom stereocenters. The number of hydrogen-bond donors (Lipinski definition) is 1. The molecule has 1 N–H and O–H groups in total. The van der Waals surface area contributed by atoms with Gasteiger partial charge in [-0.25, -0.2) is 61.2 Å². The molecule has 6 aromatic heterocycles. The van der Waals surface area contributed by atoms with E-state index in [0.29, 0.717) is 44.0 Å². The maximum absolute atomic E-state index is 15.5. The number of alkyl halides is 10. The maximum Gasteiger partial charge on any atom is 1.00 e. The molecule has 4 aromatic carbocycles. The van der Waals surface area contributed by atoms with Gasteiger partial charge >= 0.3 is 41.9 Å². The van der Waals surface area contributed by atoms with Crippen molar-refractivity contribution in [2.45, 2.75) is 192 Å². The van der Waals surface area contributed by atoms with Crippen LogP contribution < -0.4 is 34.3 Å². The topological polar surface area (TPSA) is 280 Å². The molecule has 2 saturated carbocycles. The first kappa shape index (κ1) is 104. The average Bonchev–Trinajstić information content (AvgIpc) is 1.52. The number of fused-ring (bicyclic) bond motifs is 8. The third-order valence-corrected chi connectivity index (χ3v) is 27.7. The van der Waals surface area contributed by atoms with Crippen LogP contribution in [0.4, 0.5) is 67.3 Å². The Balaban J connectivity index is 0.000000302. The Morgan fingerprint density at radius 2 is 0.882 bits per heavy atom. The van der Waals surface area contributed by atoms with E-state index in [9.17, 15) is 87.2 Å². The summed E-state index contributed by atoms with van der Waals surface area (Å²) in [6.45, 7) is 3.87. The van der Waals surface area contributed by atoms with E-state index in [1.54, 1.807) is 13.8 Å². The molecular formula is C84H86Cl2F14IN11NaO10S4+. The van der Waals surface area contributed by atoms with E-state index in [1.807, 2.05) is 0 Å². The molecule has 0 amide bonds. The molecular weight excluding hydrogens is 1940 g/mol. The summed E-state index contributed by atoms with van der Waals surface area (Å²) in [4.78, 5) is 37.7. The van der Waals surface area contributed by atoms with Crippen LogP contribution in [0.15, 0.2) is 84.9 Å². The number of hydrogen-bond acceptors (Lipinski definition) is 16. The number of anilines is 1. The second kappa shape index (κ2) is 37.3. The molecule has 0 spiro atoms. The summed E-state index contributed by atoms with van der Waals surface area (Å²) in [7, 11) is -15.5. The van der Waals surface area contributed by atoms with Gasteiger partial charge in [-0.1, -0.05) is 69.5 Å². The number of carbonyl (C=O) groups is 2. The molecule has 0 bridgehead atoms. The molecule has 4 aliphatic rings. The van der Waals surface area contributed by atoms with Crippen LogP contribution in [0.1, 0.15) is 173 Å². The Labute approximate surface area is 773 Å². The van der Waals surface area contributed by atoms with Gasteiger partial charge in [0.05, 0.1) is 66.9 Å². The Kier molecular flexibility index (Phi) is 30.6. The van der Waals surface area contributed by atoms with Gasteiger partial charge in [0.1, 0.15) is 81.7 Å². The molecule has 10 aromatic rings. The molecule has 43 heteroatoms. The predicted octanol–water partition coefficient (Wildman–Crippen LogP) is 15.4. The second-order valence-corrected chi connectivity index (χ2v) is 42.1. The Bertz CT molecular complexity index is 6250. The van der Waals surface area contributed by atoms with E-state index in [1.165, 1.54) is 76.2 Å². The summed E-state index contributed by atoms with van der Waals surface area (Å²) in [5.41, 5.74) is -0.389. The molecule has 4 aliphatic carbocycles. The number of sulfonamides is 1. The number of nitrogens with zero attached hydrogens (tertiary/aromatic N) is 10. The molecule has 680 valence electrons. The van der Waals surface area contributed by atoms with E-state index in [0.717, 1.165) is 58.7 Å². The number of Topliss-reactive ketones (excluding diaryl/α,β-unsaturated/α-hetero) is 2. The van der Waals surface area contributed by atoms with Gasteiger partial charge in [-0.15, -0.1) is 24.0 Å². The van der Waals surface area contributed by atoms with Crippen LogP contribution in [0.3, 0.4) is 0 Å². The van der Waals surface area contributed by atoms with Crippen molar-refractivity contribution in [1.82, 2.24) is 49.1 Å². The number of aryl methyl sites for hydroxylation is 2.